The fraction of sp³-hybridized carbons (Fsp3) is 0.500. The maximum Gasteiger partial charge on any atom is 0.240 e. The molecule has 0 saturated heterocycles. The Morgan fingerprint density at radius 1 is 1.43 bits per heavy atom. The summed E-state index contributed by atoms with van der Waals surface area (Å²) in [5.74, 6) is -0.0430. The normalized spacial score (nSPS) is 16.1. The quantitative estimate of drug-likeness (QED) is 0.807. The lowest BCUT2D eigenvalue weighted by Crippen LogP contribution is -2.27. The zero-order valence-corrected chi connectivity index (χ0v) is 13.0. The Bertz CT molecular complexity index is 642. The molecule has 21 heavy (non-hydrogen) atoms. The lowest BCUT2D eigenvalue weighted by Gasteiger charge is -2.12. The Balaban J connectivity index is 2.11. The second-order valence-electron chi connectivity index (χ2n) is 5.17. The van der Waals surface area contributed by atoms with Crippen LogP contribution in [0.2, 0.25) is 0 Å². The largest absolute Gasteiger partial charge is 0.393 e. The van der Waals surface area contributed by atoms with E-state index < -0.39 is 16.1 Å². The predicted molar refractivity (Wildman–Crippen MR) is 79.7 cm³/mol. The topological polar surface area (TPSA) is 86.7 Å². The lowest BCUT2D eigenvalue weighted by molar-refractivity contribution is -0.117. The first-order valence-electron chi connectivity index (χ1n) is 6.92. The highest BCUT2D eigenvalue weighted by molar-refractivity contribution is 7.89. The fourth-order valence-electron chi connectivity index (χ4n) is 2.26. The second kappa shape index (κ2) is 6.13. The van der Waals surface area contributed by atoms with Gasteiger partial charge in [-0.15, -0.1) is 0 Å². The summed E-state index contributed by atoms with van der Waals surface area (Å²) in [4.78, 5) is 13.3. The van der Waals surface area contributed by atoms with Gasteiger partial charge in [-0.3, -0.25) is 4.79 Å². The first-order valence-corrected chi connectivity index (χ1v) is 8.40. The van der Waals surface area contributed by atoms with E-state index in [0.29, 0.717) is 12.8 Å². The van der Waals surface area contributed by atoms with E-state index in [-0.39, 0.29) is 23.8 Å². The molecule has 1 atom stereocenters. The zero-order valence-electron chi connectivity index (χ0n) is 12.2. The molecule has 0 bridgehead atoms. The molecule has 0 saturated carbocycles. The summed E-state index contributed by atoms with van der Waals surface area (Å²) in [6, 6.07) is 4.68. The number of hydrogen-bond donors (Lipinski definition) is 2. The van der Waals surface area contributed by atoms with Crippen molar-refractivity contribution in [1.82, 2.24) is 4.72 Å². The minimum atomic E-state index is -3.61. The SMILES string of the molecule is CCC(O)CCNS(=O)(=O)c1ccc2c(c1)CC(=O)N2C. The number of likely N-dealkylation sites (N-methyl/N-ethyl adjacent to an activating group) is 1. The Morgan fingerprint density at radius 3 is 2.81 bits per heavy atom. The van der Waals surface area contributed by atoms with Crippen molar-refractivity contribution in [2.24, 2.45) is 0 Å². The molecule has 0 radical (unpaired) electrons. The molecule has 0 aromatic heterocycles. The number of carbonyl (C=O) groups excluding carboxylic acids is 1. The van der Waals surface area contributed by atoms with E-state index in [2.05, 4.69) is 4.72 Å². The number of amides is 1. The van der Waals surface area contributed by atoms with Crippen LogP contribution in [-0.2, 0) is 21.2 Å². The number of aliphatic hydroxyl groups excluding tert-OH is 1. The number of rotatable bonds is 6. The molecule has 116 valence electrons. The minimum absolute atomic E-state index is 0.0430. The fourth-order valence-corrected chi connectivity index (χ4v) is 3.36. The molecule has 0 aliphatic carbocycles. The van der Waals surface area contributed by atoms with Crippen molar-refractivity contribution in [3.8, 4) is 0 Å². The van der Waals surface area contributed by atoms with Crippen LogP contribution in [0.15, 0.2) is 23.1 Å². The molecule has 1 aliphatic rings. The van der Waals surface area contributed by atoms with Crippen molar-refractivity contribution in [3.63, 3.8) is 0 Å². The van der Waals surface area contributed by atoms with Crippen LogP contribution in [0.1, 0.15) is 25.3 Å². The van der Waals surface area contributed by atoms with Crippen LogP contribution >= 0.6 is 0 Å². The summed E-state index contributed by atoms with van der Waals surface area (Å²) in [6.45, 7) is 2.03. The lowest BCUT2D eigenvalue weighted by atomic mass is 10.2. The molecule has 1 amide bonds. The van der Waals surface area contributed by atoms with Gasteiger partial charge in [0.05, 0.1) is 17.4 Å². The highest BCUT2D eigenvalue weighted by Gasteiger charge is 2.26. The van der Waals surface area contributed by atoms with Crippen molar-refractivity contribution >= 4 is 21.6 Å². The molecule has 2 N–H and O–H groups in total. The van der Waals surface area contributed by atoms with Crippen molar-refractivity contribution in [3.05, 3.63) is 23.8 Å². The van der Waals surface area contributed by atoms with Crippen LogP contribution < -0.4 is 9.62 Å². The molecular formula is C14H20N2O4S. The summed E-state index contributed by atoms with van der Waals surface area (Å²) in [5.41, 5.74) is 1.47. The minimum Gasteiger partial charge on any atom is -0.393 e. The number of carbonyl (C=O) groups is 1. The van der Waals surface area contributed by atoms with E-state index in [1.165, 1.54) is 17.0 Å². The summed E-state index contributed by atoms with van der Waals surface area (Å²) in [5, 5.41) is 9.43. The van der Waals surface area contributed by atoms with Crippen LogP contribution in [0.4, 0.5) is 5.69 Å². The van der Waals surface area contributed by atoms with E-state index in [9.17, 15) is 18.3 Å². The number of aliphatic hydroxyl groups is 1. The van der Waals surface area contributed by atoms with Gasteiger partial charge >= 0.3 is 0 Å². The number of nitrogens with one attached hydrogen (secondary N) is 1. The first-order chi connectivity index (χ1) is 9.85. The van der Waals surface area contributed by atoms with Crippen LogP contribution in [0, 0.1) is 0 Å². The Morgan fingerprint density at radius 2 is 2.14 bits per heavy atom. The van der Waals surface area contributed by atoms with E-state index >= 15 is 0 Å². The van der Waals surface area contributed by atoms with Gasteiger partial charge in [0.1, 0.15) is 0 Å². The standard InChI is InChI=1S/C14H20N2O4S/c1-3-11(17)6-7-15-21(19,20)12-4-5-13-10(8-12)9-14(18)16(13)2/h4-5,8,11,15,17H,3,6-7,9H2,1-2H3. The highest BCUT2D eigenvalue weighted by Crippen LogP contribution is 2.29. The Kier molecular flexibility index (Phi) is 4.65. The van der Waals surface area contributed by atoms with Gasteiger partial charge < -0.3 is 10.0 Å². The number of anilines is 1. The molecule has 7 heteroatoms. The summed E-state index contributed by atoms with van der Waals surface area (Å²) in [7, 11) is -1.94. The van der Waals surface area contributed by atoms with Crippen LogP contribution in [0.5, 0.6) is 0 Å². The summed E-state index contributed by atoms with van der Waals surface area (Å²) in [6.07, 6.45) is 0.694. The molecular weight excluding hydrogens is 292 g/mol. The molecule has 6 nitrogen and oxygen atoms in total. The molecule has 1 heterocycles. The highest BCUT2D eigenvalue weighted by atomic mass is 32.2. The average Bonchev–Trinajstić information content (AvgIpc) is 2.73. The van der Waals surface area contributed by atoms with Gasteiger partial charge in [0.15, 0.2) is 0 Å². The van der Waals surface area contributed by atoms with E-state index in [1.807, 2.05) is 6.92 Å². The van der Waals surface area contributed by atoms with Crippen LogP contribution in [0.25, 0.3) is 0 Å². The monoisotopic (exact) mass is 312 g/mol. The Hall–Kier alpha value is -1.44. The zero-order chi connectivity index (χ0) is 15.6. The van der Waals surface area contributed by atoms with Gasteiger partial charge in [-0.05, 0) is 36.6 Å². The number of fused-ring (bicyclic) bond motifs is 1. The molecule has 1 unspecified atom stereocenters. The third-order valence-electron chi connectivity index (χ3n) is 3.68. The predicted octanol–water partition coefficient (Wildman–Crippen LogP) is 0.645. The maximum atomic E-state index is 12.2. The molecule has 0 fully saturated rings. The summed E-state index contributed by atoms with van der Waals surface area (Å²) < 4.78 is 26.8. The van der Waals surface area contributed by atoms with Gasteiger partial charge in [-0.25, -0.2) is 13.1 Å². The van der Waals surface area contributed by atoms with Crippen molar-refractivity contribution in [2.45, 2.75) is 37.2 Å². The van der Waals surface area contributed by atoms with E-state index in [1.54, 1.807) is 13.1 Å². The number of hydrogen-bond acceptors (Lipinski definition) is 4. The molecule has 1 aromatic rings. The van der Waals surface area contributed by atoms with Gasteiger partial charge in [0.2, 0.25) is 15.9 Å². The number of sulfonamides is 1. The average molecular weight is 312 g/mol. The summed E-state index contributed by atoms with van der Waals surface area (Å²) >= 11 is 0. The van der Waals surface area contributed by atoms with Crippen molar-refractivity contribution in [1.29, 1.82) is 0 Å². The van der Waals surface area contributed by atoms with Crippen LogP contribution in [0.3, 0.4) is 0 Å². The van der Waals surface area contributed by atoms with Crippen molar-refractivity contribution in [2.75, 3.05) is 18.5 Å². The van der Waals surface area contributed by atoms with Crippen molar-refractivity contribution < 1.29 is 18.3 Å². The third kappa shape index (κ3) is 3.42. The maximum absolute atomic E-state index is 12.2. The molecule has 1 aromatic carbocycles. The number of benzene rings is 1. The first kappa shape index (κ1) is 15.9. The molecule has 1 aliphatic heterocycles. The van der Waals surface area contributed by atoms with Gasteiger partial charge in [-0.2, -0.15) is 0 Å². The van der Waals surface area contributed by atoms with Crippen LogP contribution in [-0.4, -0.2) is 39.1 Å². The van der Waals surface area contributed by atoms with E-state index in [4.69, 9.17) is 0 Å². The van der Waals surface area contributed by atoms with Gasteiger partial charge in [0, 0.05) is 19.3 Å². The van der Waals surface area contributed by atoms with E-state index in [0.717, 1.165) is 11.3 Å². The number of nitrogens with zero attached hydrogens (tertiary/aromatic N) is 1. The smallest absolute Gasteiger partial charge is 0.240 e. The molecule has 0 spiro atoms. The molecule has 2 rings (SSSR count). The van der Waals surface area contributed by atoms with Gasteiger partial charge in [0.25, 0.3) is 0 Å². The Labute approximate surface area is 124 Å². The van der Waals surface area contributed by atoms with Gasteiger partial charge in [-0.1, -0.05) is 6.92 Å². The third-order valence-corrected chi connectivity index (χ3v) is 5.14. The second-order valence-corrected chi connectivity index (χ2v) is 6.94.